The first kappa shape index (κ1) is 16.0. The average Bonchev–Trinajstić information content (AvgIpc) is 2.98. The minimum Gasteiger partial charge on any atom is -0.387 e. The number of nitrogens with zero attached hydrogens (tertiary/aromatic N) is 2. The summed E-state index contributed by atoms with van der Waals surface area (Å²) in [7, 11) is 0. The lowest BCUT2D eigenvalue weighted by Crippen LogP contribution is -2.43. The molecule has 0 saturated heterocycles. The van der Waals surface area contributed by atoms with E-state index in [1.54, 1.807) is 10.9 Å². The summed E-state index contributed by atoms with van der Waals surface area (Å²) in [4.78, 5) is 11.7. The first-order chi connectivity index (χ1) is 10.5. The molecule has 2 aromatic rings. The number of hydrogen-bond donors (Lipinski definition) is 3. The summed E-state index contributed by atoms with van der Waals surface area (Å²) in [6.07, 6.45) is 2.60. The van der Waals surface area contributed by atoms with E-state index in [0.29, 0.717) is 12.1 Å². The molecule has 0 aliphatic carbocycles. The first-order valence-electron chi connectivity index (χ1n) is 7.00. The minimum absolute atomic E-state index is 0.0476. The summed E-state index contributed by atoms with van der Waals surface area (Å²) in [5.41, 5.74) is 0.547. The van der Waals surface area contributed by atoms with E-state index >= 15 is 0 Å². The molecule has 0 saturated carbocycles. The number of aromatic nitrogens is 2. The number of hydrogen-bond acceptors (Lipinski definition) is 3. The molecule has 1 aromatic heterocycles. The molecule has 1 aromatic carbocycles. The third kappa shape index (κ3) is 4.85. The van der Waals surface area contributed by atoms with Gasteiger partial charge in [0, 0.05) is 25.0 Å². The SMILES string of the molecule is CC(Cn1cccn1)NC(=O)NCC(O)c1ccc(F)cc1. The number of aliphatic hydroxyl groups excluding tert-OH is 1. The zero-order valence-electron chi connectivity index (χ0n) is 12.2. The lowest BCUT2D eigenvalue weighted by molar-refractivity contribution is 0.172. The van der Waals surface area contributed by atoms with Crippen molar-refractivity contribution in [2.24, 2.45) is 0 Å². The van der Waals surface area contributed by atoms with E-state index < -0.39 is 6.10 Å². The Bertz CT molecular complexity index is 586. The molecule has 2 rings (SSSR count). The van der Waals surface area contributed by atoms with Crippen LogP contribution in [0.4, 0.5) is 9.18 Å². The van der Waals surface area contributed by atoms with Crippen LogP contribution in [0.1, 0.15) is 18.6 Å². The molecule has 2 unspecified atom stereocenters. The average molecular weight is 306 g/mol. The largest absolute Gasteiger partial charge is 0.387 e. The highest BCUT2D eigenvalue weighted by molar-refractivity contribution is 5.74. The van der Waals surface area contributed by atoms with Gasteiger partial charge < -0.3 is 15.7 Å². The van der Waals surface area contributed by atoms with Gasteiger partial charge in [0.1, 0.15) is 5.82 Å². The number of urea groups is 1. The van der Waals surface area contributed by atoms with Crippen LogP contribution in [-0.2, 0) is 6.54 Å². The highest BCUT2D eigenvalue weighted by atomic mass is 19.1. The number of halogens is 1. The van der Waals surface area contributed by atoms with Gasteiger partial charge in [0.25, 0.3) is 0 Å². The number of rotatable bonds is 6. The van der Waals surface area contributed by atoms with Gasteiger partial charge in [-0.1, -0.05) is 12.1 Å². The lowest BCUT2D eigenvalue weighted by atomic mass is 10.1. The second kappa shape index (κ2) is 7.56. The second-order valence-corrected chi connectivity index (χ2v) is 5.05. The van der Waals surface area contributed by atoms with Gasteiger partial charge >= 0.3 is 6.03 Å². The van der Waals surface area contributed by atoms with Crippen molar-refractivity contribution in [2.75, 3.05) is 6.54 Å². The van der Waals surface area contributed by atoms with Crippen LogP contribution in [0.15, 0.2) is 42.7 Å². The van der Waals surface area contributed by atoms with Crippen LogP contribution in [-0.4, -0.2) is 33.5 Å². The lowest BCUT2D eigenvalue weighted by Gasteiger charge is -2.16. The maximum atomic E-state index is 12.8. The topological polar surface area (TPSA) is 79.2 Å². The smallest absolute Gasteiger partial charge is 0.315 e. The Morgan fingerprint density at radius 2 is 2.14 bits per heavy atom. The molecule has 0 spiro atoms. The Kier molecular flexibility index (Phi) is 5.48. The summed E-state index contributed by atoms with van der Waals surface area (Å²) in [5, 5.41) is 19.3. The third-order valence-corrected chi connectivity index (χ3v) is 3.11. The highest BCUT2D eigenvalue weighted by Gasteiger charge is 2.11. The number of aliphatic hydroxyl groups is 1. The molecule has 0 radical (unpaired) electrons. The molecule has 0 aliphatic rings. The number of amides is 2. The van der Waals surface area contributed by atoms with Crippen LogP contribution in [0.3, 0.4) is 0 Å². The normalized spacial score (nSPS) is 13.4. The van der Waals surface area contributed by atoms with Gasteiger partial charge in [-0.3, -0.25) is 4.68 Å². The van der Waals surface area contributed by atoms with Gasteiger partial charge in [-0.2, -0.15) is 5.10 Å². The van der Waals surface area contributed by atoms with E-state index in [1.165, 1.54) is 24.3 Å². The third-order valence-electron chi connectivity index (χ3n) is 3.11. The Morgan fingerprint density at radius 3 is 2.77 bits per heavy atom. The van der Waals surface area contributed by atoms with E-state index in [9.17, 15) is 14.3 Å². The van der Waals surface area contributed by atoms with E-state index in [1.807, 2.05) is 19.2 Å². The monoisotopic (exact) mass is 306 g/mol. The van der Waals surface area contributed by atoms with Crippen molar-refractivity contribution in [3.8, 4) is 0 Å². The highest BCUT2D eigenvalue weighted by Crippen LogP contribution is 2.12. The van der Waals surface area contributed by atoms with Crippen molar-refractivity contribution in [1.29, 1.82) is 0 Å². The number of nitrogens with one attached hydrogen (secondary N) is 2. The van der Waals surface area contributed by atoms with E-state index in [0.717, 1.165) is 0 Å². The van der Waals surface area contributed by atoms with Crippen molar-refractivity contribution < 1.29 is 14.3 Å². The molecule has 7 heteroatoms. The van der Waals surface area contributed by atoms with Crippen molar-refractivity contribution in [2.45, 2.75) is 25.6 Å². The fraction of sp³-hybridized carbons (Fsp3) is 0.333. The molecular weight excluding hydrogens is 287 g/mol. The fourth-order valence-electron chi connectivity index (χ4n) is 2.00. The maximum Gasteiger partial charge on any atom is 0.315 e. The van der Waals surface area contributed by atoms with Crippen LogP contribution in [0.5, 0.6) is 0 Å². The molecule has 6 nitrogen and oxygen atoms in total. The van der Waals surface area contributed by atoms with Crippen molar-refractivity contribution >= 4 is 6.03 Å². The maximum absolute atomic E-state index is 12.8. The molecule has 1 heterocycles. The summed E-state index contributed by atoms with van der Waals surface area (Å²) in [5.74, 6) is -0.367. The van der Waals surface area contributed by atoms with Crippen molar-refractivity contribution in [3.05, 3.63) is 54.1 Å². The van der Waals surface area contributed by atoms with Crippen LogP contribution in [0.2, 0.25) is 0 Å². The van der Waals surface area contributed by atoms with Gasteiger partial charge in [-0.15, -0.1) is 0 Å². The van der Waals surface area contributed by atoms with E-state index in [4.69, 9.17) is 0 Å². The van der Waals surface area contributed by atoms with Crippen molar-refractivity contribution in [3.63, 3.8) is 0 Å². The summed E-state index contributed by atoms with van der Waals surface area (Å²) in [6.45, 7) is 2.46. The first-order valence-corrected chi connectivity index (χ1v) is 7.00. The van der Waals surface area contributed by atoms with E-state index in [-0.39, 0.29) is 24.4 Å². The predicted octanol–water partition coefficient (Wildman–Crippen LogP) is 1.44. The Labute approximate surface area is 128 Å². The van der Waals surface area contributed by atoms with Gasteiger partial charge in [0.05, 0.1) is 12.6 Å². The molecule has 0 aliphatic heterocycles. The predicted molar refractivity (Wildman–Crippen MR) is 79.6 cm³/mol. The Hall–Kier alpha value is -2.41. The zero-order chi connectivity index (χ0) is 15.9. The summed E-state index contributed by atoms with van der Waals surface area (Å²) >= 11 is 0. The molecule has 2 atom stereocenters. The quantitative estimate of drug-likeness (QED) is 0.755. The number of carbonyl (C=O) groups excluding carboxylic acids is 1. The van der Waals surface area contributed by atoms with Gasteiger partial charge in [-0.05, 0) is 30.7 Å². The van der Waals surface area contributed by atoms with Crippen LogP contribution >= 0.6 is 0 Å². The molecule has 0 fully saturated rings. The molecule has 2 amide bonds. The van der Waals surface area contributed by atoms with Crippen LogP contribution in [0, 0.1) is 5.82 Å². The van der Waals surface area contributed by atoms with Crippen LogP contribution in [0.25, 0.3) is 0 Å². The molecular formula is C15H19FN4O2. The second-order valence-electron chi connectivity index (χ2n) is 5.05. The molecule has 3 N–H and O–H groups in total. The number of carbonyl (C=O) groups is 1. The van der Waals surface area contributed by atoms with Crippen molar-refractivity contribution in [1.82, 2.24) is 20.4 Å². The van der Waals surface area contributed by atoms with Gasteiger partial charge in [0.2, 0.25) is 0 Å². The molecule has 0 bridgehead atoms. The Balaban J connectivity index is 1.73. The fourth-order valence-corrected chi connectivity index (χ4v) is 2.00. The molecule has 22 heavy (non-hydrogen) atoms. The number of benzene rings is 1. The minimum atomic E-state index is -0.882. The standard InChI is InChI=1S/C15H19FN4O2/c1-11(10-20-8-2-7-18-20)19-15(22)17-9-14(21)12-3-5-13(16)6-4-12/h2-8,11,14,21H,9-10H2,1H3,(H2,17,19,22). The summed E-state index contributed by atoms with van der Waals surface area (Å²) in [6, 6.07) is 6.84. The van der Waals surface area contributed by atoms with Gasteiger partial charge in [-0.25, -0.2) is 9.18 Å². The molecule has 118 valence electrons. The van der Waals surface area contributed by atoms with Crippen LogP contribution < -0.4 is 10.6 Å². The zero-order valence-corrected chi connectivity index (χ0v) is 12.2. The summed E-state index contributed by atoms with van der Waals surface area (Å²) < 4.78 is 14.5. The Morgan fingerprint density at radius 1 is 1.41 bits per heavy atom. The van der Waals surface area contributed by atoms with Gasteiger partial charge in [0.15, 0.2) is 0 Å². The van der Waals surface area contributed by atoms with E-state index in [2.05, 4.69) is 15.7 Å².